The number of hydrogen-bond donors (Lipinski definition) is 0. The van der Waals surface area contributed by atoms with E-state index < -0.39 is 15.7 Å². The van der Waals surface area contributed by atoms with Crippen LogP contribution in [0.1, 0.15) is 19.8 Å². The maximum absolute atomic E-state index is 13.2. The second kappa shape index (κ2) is 8.46. The fourth-order valence-electron chi connectivity index (χ4n) is 2.30. The summed E-state index contributed by atoms with van der Waals surface area (Å²) in [6.45, 7) is 2.05. The lowest BCUT2D eigenvalue weighted by Gasteiger charge is -2.03. The molecule has 8 heteroatoms. The zero-order valence-electron chi connectivity index (χ0n) is 14.5. The van der Waals surface area contributed by atoms with Crippen molar-refractivity contribution in [1.82, 2.24) is 4.98 Å². The van der Waals surface area contributed by atoms with Crippen LogP contribution in [0.15, 0.2) is 68.0 Å². The second-order valence-electron chi connectivity index (χ2n) is 5.78. The normalized spacial score (nSPS) is 11.7. The lowest BCUT2D eigenvalue weighted by atomic mass is 10.2. The highest BCUT2D eigenvalue weighted by Crippen LogP contribution is 2.35. The van der Waals surface area contributed by atoms with Gasteiger partial charge in [0.15, 0.2) is 0 Å². The van der Waals surface area contributed by atoms with Gasteiger partial charge in [0, 0.05) is 16.3 Å². The van der Waals surface area contributed by atoms with Crippen LogP contribution in [0.5, 0.6) is 0 Å². The van der Waals surface area contributed by atoms with Gasteiger partial charge in [-0.05, 0) is 55.0 Å². The van der Waals surface area contributed by atoms with Crippen molar-refractivity contribution in [3.63, 3.8) is 0 Å². The second-order valence-corrected chi connectivity index (χ2v) is 9.15. The van der Waals surface area contributed by atoms with Crippen molar-refractivity contribution in [2.45, 2.75) is 34.8 Å². The molecule has 3 rings (SSSR count). The van der Waals surface area contributed by atoms with Crippen LogP contribution in [0.25, 0.3) is 11.5 Å². The first-order chi connectivity index (χ1) is 12.9. The number of unbranched alkanes of at least 4 members (excludes halogenated alkanes) is 1. The third-order valence-electron chi connectivity index (χ3n) is 3.77. The number of hydrogen-bond acceptors (Lipinski definition) is 5. The molecule has 0 N–H and O–H groups in total. The minimum absolute atomic E-state index is 0.0863. The molecule has 1 aromatic heterocycles. The third kappa shape index (κ3) is 4.54. The van der Waals surface area contributed by atoms with Crippen LogP contribution in [0.4, 0.5) is 4.39 Å². The molecular weight excluding hydrogens is 409 g/mol. The molecule has 0 amide bonds. The Labute approximate surface area is 166 Å². The van der Waals surface area contributed by atoms with Crippen LogP contribution >= 0.6 is 23.4 Å². The number of thioether (sulfide) groups is 1. The van der Waals surface area contributed by atoms with E-state index in [-0.39, 0.29) is 20.9 Å². The molecule has 0 unspecified atom stereocenters. The fourth-order valence-corrected chi connectivity index (χ4v) is 5.04. The highest BCUT2D eigenvalue weighted by atomic mass is 35.5. The van der Waals surface area contributed by atoms with Crippen molar-refractivity contribution in [3.8, 4) is 11.5 Å². The summed E-state index contributed by atoms with van der Waals surface area (Å²) in [4.78, 5) is 4.31. The van der Waals surface area contributed by atoms with Gasteiger partial charge in [0.25, 0.3) is 0 Å². The number of halogens is 2. The van der Waals surface area contributed by atoms with E-state index in [1.165, 1.54) is 60.3 Å². The predicted octanol–water partition coefficient (Wildman–Crippen LogP) is 5.86. The van der Waals surface area contributed by atoms with Crippen molar-refractivity contribution in [3.05, 3.63) is 59.4 Å². The minimum Gasteiger partial charge on any atom is -0.428 e. The van der Waals surface area contributed by atoms with E-state index >= 15 is 0 Å². The average Bonchev–Trinajstić information content (AvgIpc) is 3.08. The van der Waals surface area contributed by atoms with E-state index in [4.69, 9.17) is 16.0 Å². The Balaban J connectivity index is 2.06. The maximum atomic E-state index is 13.2. The monoisotopic (exact) mass is 425 g/mol. The molecule has 0 saturated carbocycles. The lowest BCUT2D eigenvalue weighted by molar-refractivity contribution is 0.470. The van der Waals surface area contributed by atoms with Crippen molar-refractivity contribution in [1.29, 1.82) is 0 Å². The summed E-state index contributed by atoms with van der Waals surface area (Å²) in [7, 11) is -3.88. The van der Waals surface area contributed by atoms with E-state index in [2.05, 4.69) is 11.9 Å². The zero-order valence-corrected chi connectivity index (χ0v) is 16.9. The number of aromatic nitrogens is 1. The Morgan fingerprint density at radius 2 is 1.78 bits per heavy atom. The molecule has 4 nitrogen and oxygen atoms in total. The first-order valence-corrected chi connectivity index (χ1v) is 11.2. The van der Waals surface area contributed by atoms with Gasteiger partial charge in [-0.25, -0.2) is 12.8 Å². The highest BCUT2D eigenvalue weighted by molar-refractivity contribution is 8.00. The third-order valence-corrected chi connectivity index (χ3v) is 6.86. The van der Waals surface area contributed by atoms with E-state index in [1.54, 1.807) is 0 Å². The number of nitrogens with zero attached hydrogens (tertiary/aromatic N) is 1. The van der Waals surface area contributed by atoms with Crippen LogP contribution in [0, 0.1) is 5.82 Å². The van der Waals surface area contributed by atoms with Gasteiger partial charge in [-0.15, -0.1) is 0 Å². The van der Waals surface area contributed by atoms with Gasteiger partial charge in [-0.1, -0.05) is 36.7 Å². The Kier molecular flexibility index (Phi) is 6.24. The molecule has 0 aliphatic heterocycles. The van der Waals surface area contributed by atoms with Crippen LogP contribution in [-0.4, -0.2) is 19.2 Å². The summed E-state index contributed by atoms with van der Waals surface area (Å²) in [5.74, 6) is 0.455. The summed E-state index contributed by atoms with van der Waals surface area (Å²) < 4.78 is 45.0. The number of benzene rings is 2. The Morgan fingerprint density at radius 1 is 1.11 bits per heavy atom. The molecule has 0 bridgehead atoms. The Bertz CT molecular complexity index is 1020. The molecule has 1 heterocycles. The molecule has 0 radical (unpaired) electrons. The first kappa shape index (κ1) is 19.9. The zero-order chi connectivity index (χ0) is 19.4. The number of oxazole rings is 1. The SMILES string of the molecule is CCCCSc1oc(-c2ccc(F)cc2)nc1S(=O)(=O)c1ccc(Cl)cc1. The average molecular weight is 426 g/mol. The molecule has 0 saturated heterocycles. The van der Waals surface area contributed by atoms with Crippen LogP contribution in [0.2, 0.25) is 5.02 Å². The van der Waals surface area contributed by atoms with E-state index in [0.29, 0.717) is 16.3 Å². The quantitative estimate of drug-likeness (QED) is 0.350. The predicted molar refractivity (Wildman–Crippen MR) is 104 cm³/mol. The smallest absolute Gasteiger partial charge is 0.228 e. The molecule has 3 aromatic rings. The molecule has 0 atom stereocenters. The minimum atomic E-state index is -3.88. The molecular formula is C19H17ClFNO3S2. The van der Waals surface area contributed by atoms with E-state index in [9.17, 15) is 12.8 Å². The lowest BCUT2D eigenvalue weighted by Crippen LogP contribution is -2.04. The van der Waals surface area contributed by atoms with Crippen LogP contribution in [0.3, 0.4) is 0 Å². The summed E-state index contributed by atoms with van der Waals surface area (Å²) in [5, 5.41) is 0.543. The molecule has 0 aliphatic rings. The van der Waals surface area contributed by atoms with Crippen molar-refractivity contribution < 1.29 is 17.2 Å². The Morgan fingerprint density at radius 3 is 2.41 bits per heavy atom. The van der Waals surface area contributed by atoms with Crippen LogP contribution < -0.4 is 0 Å². The van der Waals surface area contributed by atoms with Gasteiger partial charge in [0.2, 0.25) is 25.8 Å². The molecule has 0 aliphatic carbocycles. The van der Waals surface area contributed by atoms with Crippen molar-refractivity contribution in [2.75, 3.05) is 5.75 Å². The van der Waals surface area contributed by atoms with Gasteiger partial charge in [-0.3, -0.25) is 0 Å². The molecule has 2 aromatic carbocycles. The standard InChI is InChI=1S/C19H17ClFNO3S2/c1-2-3-12-26-19-18(27(23,24)16-10-6-14(20)7-11-16)22-17(25-19)13-4-8-15(21)9-5-13/h4-11H,2-3,12H2,1H3. The molecule has 142 valence electrons. The maximum Gasteiger partial charge on any atom is 0.228 e. The Hall–Kier alpha value is -1.83. The fraction of sp³-hybridized carbons (Fsp3) is 0.211. The molecule has 27 heavy (non-hydrogen) atoms. The summed E-state index contributed by atoms with van der Waals surface area (Å²) in [5.41, 5.74) is 0.506. The molecule has 0 spiro atoms. The topological polar surface area (TPSA) is 60.2 Å². The van der Waals surface area contributed by atoms with Crippen LogP contribution in [-0.2, 0) is 9.84 Å². The summed E-state index contributed by atoms with van der Waals surface area (Å²) in [6, 6.07) is 11.4. The van der Waals surface area contributed by atoms with Crippen molar-refractivity contribution in [2.24, 2.45) is 0 Å². The summed E-state index contributed by atoms with van der Waals surface area (Å²) >= 11 is 7.16. The van der Waals surface area contributed by atoms with Gasteiger partial charge in [0.1, 0.15) is 5.82 Å². The van der Waals surface area contributed by atoms with Gasteiger partial charge < -0.3 is 4.42 Å². The van der Waals surface area contributed by atoms with Gasteiger partial charge in [0.05, 0.1) is 4.90 Å². The summed E-state index contributed by atoms with van der Waals surface area (Å²) in [6.07, 6.45) is 1.89. The number of sulfone groups is 1. The number of rotatable bonds is 7. The highest BCUT2D eigenvalue weighted by Gasteiger charge is 2.28. The van der Waals surface area contributed by atoms with Gasteiger partial charge in [-0.2, -0.15) is 4.98 Å². The van der Waals surface area contributed by atoms with Crippen molar-refractivity contribution >= 4 is 33.2 Å². The molecule has 0 fully saturated rings. The van der Waals surface area contributed by atoms with Gasteiger partial charge >= 0.3 is 0 Å². The van der Waals surface area contributed by atoms with E-state index in [0.717, 1.165) is 12.8 Å². The largest absolute Gasteiger partial charge is 0.428 e. The van der Waals surface area contributed by atoms with E-state index in [1.807, 2.05) is 0 Å². The first-order valence-electron chi connectivity index (χ1n) is 8.32.